The fourth-order valence-electron chi connectivity index (χ4n) is 0.968. The van der Waals surface area contributed by atoms with Gasteiger partial charge in [0.1, 0.15) is 5.75 Å². The number of hydrogen-bond acceptors (Lipinski definition) is 3. The van der Waals surface area contributed by atoms with Crippen LogP contribution in [0.4, 0.5) is 0 Å². The number of methoxy groups -OCH3 is 1. The quantitative estimate of drug-likeness (QED) is 0.613. The molecule has 0 heterocycles. The van der Waals surface area contributed by atoms with E-state index in [0.29, 0.717) is 5.02 Å². The predicted octanol–water partition coefficient (Wildman–Crippen LogP) is 1.62. The van der Waals surface area contributed by atoms with Crippen LogP contribution >= 0.6 is 11.6 Å². The normalized spacial score (nSPS) is 9.57. The van der Waals surface area contributed by atoms with E-state index < -0.39 is 11.8 Å². The van der Waals surface area contributed by atoms with Gasteiger partial charge in [0.25, 0.3) is 5.78 Å². The van der Waals surface area contributed by atoms with Gasteiger partial charge in [0.15, 0.2) is 0 Å². The summed E-state index contributed by atoms with van der Waals surface area (Å²) < 4.78 is 4.83. The Bertz CT molecular complexity index is 386. The number of benzene rings is 1. The highest BCUT2D eigenvalue weighted by Crippen LogP contribution is 2.23. The molecule has 0 radical (unpaired) electrons. The van der Waals surface area contributed by atoms with Gasteiger partial charge in [-0.2, -0.15) is 0 Å². The molecule has 0 saturated carbocycles. The summed E-state index contributed by atoms with van der Waals surface area (Å²) in [6.45, 7) is 0. The molecule has 0 aliphatic rings. The highest BCUT2D eigenvalue weighted by molar-refractivity contribution is 6.40. The van der Waals surface area contributed by atoms with E-state index in [2.05, 4.69) is 0 Å². The minimum Gasteiger partial charge on any atom is -0.496 e. The van der Waals surface area contributed by atoms with Crippen molar-refractivity contribution in [2.24, 2.45) is 0 Å². The second-order valence-corrected chi connectivity index (χ2v) is 2.92. The molecule has 1 aromatic rings. The lowest BCUT2D eigenvalue weighted by atomic mass is 10.1. The highest BCUT2D eigenvalue weighted by atomic mass is 35.5. The second kappa shape index (κ2) is 4.11. The molecule has 1 aromatic carbocycles. The molecule has 0 atom stereocenters. The molecule has 0 aliphatic carbocycles. The monoisotopic (exact) mass is 214 g/mol. The molecule has 0 amide bonds. The van der Waals surface area contributed by atoms with E-state index in [1.54, 1.807) is 0 Å². The average molecular weight is 215 g/mol. The number of Topliss-reactive ketones (excluding diaryl/α,β-unsaturated/α-hetero) is 1. The van der Waals surface area contributed by atoms with Crippen LogP contribution in [0.2, 0.25) is 5.02 Å². The third-order valence-corrected chi connectivity index (χ3v) is 1.84. The molecule has 74 valence electrons. The summed E-state index contributed by atoms with van der Waals surface area (Å²) in [5, 5.41) is 8.87. The van der Waals surface area contributed by atoms with Crippen molar-refractivity contribution >= 4 is 23.4 Å². The number of aliphatic carboxylic acids is 1. The van der Waals surface area contributed by atoms with E-state index in [4.69, 9.17) is 21.4 Å². The topological polar surface area (TPSA) is 63.6 Å². The fraction of sp³-hybridized carbons (Fsp3) is 0.111. The van der Waals surface area contributed by atoms with Gasteiger partial charge in [0.05, 0.1) is 12.7 Å². The first-order valence-electron chi connectivity index (χ1n) is 3.67. The Balaban J connectivity index is 3.20. The van der Waals surface area contributed by atoms with E-state index >= 15 is 0 Å². The van der Waals surface area contributed by atoms with E-state index in [0.717, 1.165) is 0 Å². The van der Waals surface area contributed by atoms with Crippen LogP contribution < -0.4 is 4.74 Å². The SMILES string of the molecule is COc1cc(Cl)ccc1C(=O)C(=O)O. The summed E-state index contributed by atoms with van der Waals surface area (Å²) in [7, 11) is 1.34. The number of halogens is 1. The third-order valence-electron chi connectivity index (χ3n) is 1.60. The Morgan fingerprint density at radius 1 is 1.43 bits per heavy atom. The predicted molar refractivity (Wildman–Crippen MR) is 50.0 cm³/mol. The number of rotatable bonds is 3. The van der Waals surface area contributed by atoms with Crippen LogP contribution in [-0.4, -0.2) is 24.0 Å². The number of ether oxygens (including phenoxy) is 1. The molecule has 0 spiro atoms. The van der Waals surface area contributed by atoms with Gasteiger partial charge in [-0.15, -0.1) is 0 Å². The van der Waals surface area contributed by atoms with Crippen LogP contribution in [0.25, 0.3) is 0 Å². The van der Waals surface area contributed by atoms with Crippen LogP contribution in [-0.2, 0) is 4.79 Å². The van der Waals surface area contributed by atoms with Crippen molar-refractivity contribution < 1.29 is 19.4 Å². The summed E-state index contributed by atoms with van der Waals surface area (Å²) in [4.78, 5) is 21.5. The Hall–Kier alpha value is -1.55. The zero-order valence-electron chi connectivity index (χ0n) is 7.28. The third kappa shape index (κ3) is 2.03. The van der Waals surface area contributed by atoms with Crippen molar-refractivity contribution in [3.8, 4) is 5.75 Å². The second-order valence-electron chi connectivity index (χ2n) is 2.48. The zero-order valence-corrected chi connectivity index (χ0v) is 8.04. The Morgan fingerprint density at radius 2 is 2.07 bits per heavy atom. The number of carbonyl (C=O) groups excluding carboxylic acids is 1. The molecule has 1 rings (SSSR count). The first-order valence-corrected chi connectivity index (χ1v) is 4.05. The molecule has 0 unspecified atom stereocenters. The molecular weight excluding hydrogens is 208 g/mol. The average Bonchev–Trinajstić information content (AvgIpc) is 2.16. The summed E-state index contributed by atoms with van der Waals surface area (Å²) in [5.41, 5.74) is -0.00981. The van der Waals surface area contributed by atoms with Gasteiger partial charge in [-0.1, -0.05) is 11.6 Å². The molecule has 1 N–H and O–H groups in total. The summed E-state index contributed by atoms with van der Waals surface area (Å²) in [6, 6.07) is 4.13. The number of carboxylic acid groups (broad SMARTS) is 1. The Morgan fingerprint density at radius 3 is 2.57 bits per heavy atom. The molecule has 4 nitrogen and oxygen atoms in total. The van der Waals surface area contributed by atoms with Gasteiger partial charge in [0, 0.05) is 5.02 Å². The maximum Gasteiger partial charge on any atom is 0.377 e. The molecule has 5 heteroatoms. The molecule has 0 aromatic heterocycles. The smallest absolute Gasteiger partial charge is 0.377 e. The van der Waals surface area contributed by atoms with E-state index in [1.807, 2.05) is 0 Å². The maximum absolute atomic E-state index is 11.1. The Labute approximate surface area is 85.1 Å². The van der Waals surface area contributed by atoms with Gasteiger partial charge in [0.2, 0.25) is 0 Å². The highest BCUT2D eigenvalue weighted by Gasteiger charge is 2.19. The first-order chi connectivity index (χ1) is 6.56. The van der Waals surface area contributed by atoms with Crippen LogP contribution in [0, 0.1) is 0 Å². The van der Waals surface area contributed by atoms with Crippen molar-refractivity contribution in [1.29, 1.82) is 0 Å². The van der Waals surface area contributed by atoms with E-state index in [9.17, 15) is 9.59 Å². The van der Waals surface area contributed by atoms with Crippen molar-refractivity contribution in [2.45, 2.75) is 0 Å². The largest absolute Gasteiger partial charge is 0.496 e. The summed E-state index contributed by atoms with van der Waals surface area (Å²) >= 11 is 5.64. The molecule has 14 heavy (non-hydrogen) atoms. The van der Waals surface area contributed by atoms with Crippen LogP contribution in [0.1, 0.15) is 10.4 Å². The number of hydrogen-bond donors (Lipinski definition) is 1. The number of carboxylic acids is 1. The number of ketones is 1. The van der Waals surface area contributed by atoms with Gasteiger partial charge in [-0.05, 0) is 18.2 Å². The fourth-order valence-corrected chi connectivity index (χ4v) is 1.13. The van der Waals surface area contributed by atoms with E-state index in [-0.39, 0.29) is 11.3 Å². The number of carbonyl (C=O) groups is 2. The lowest BCUT2D eigenvalue weighted by Crippen LogP contribution is -2.13. The van der Waals surface area contributed by atoms with Crippen LogP contribution in [0.3, 0.4) is 0 Å². The lowest BCUT2D eigenvalue weighted by molar-refractivity contribution is -0.131. The minimum absolute atomic E-state index is 0.00981. The molecular formula is C9H7ClO4. The van der Waals surface area contributed by atoms with Gasteiger partial charge in [-0.25, -0.2) is 4.79 Å². The molecule has 0 bridgehead atoms. The van der Waals surface area contributed by atoms with Gasteiger partial charge in [-0.3, -0.25) is 4.79 Å². The Kier molecular flexibility index (Phi) is 3.09. The molecule has 0 aliphatic heterocycles. The van der Waals surface area contributed by atoms with Gasteiger partial charge >= 0.3 is 5.97 Å². The van der Waals surface area contributed by atoms with Crippen LogP contribution in [0.15, 0.2) is 18.2 Å². The van der Waals surface area contributed by atoms with E-state index in [1.165, 1.54) is 25.3 Å². The molecule has 0 saturated heterocycles. The van der Waals surface area contributed by atoms with Crippen molar-refractivity contribution in [1.82, 2.24) is 0 Å². The zero-order chi connectivity index (χ0) is 10.7. The van der Waals surface area contributed by atoms with Crippen molar-refractivity contribution in [3.05, 3.63) is 28.8 Å². The lowest BCUT2D eigenvalue weighted by Gasteiger charge is -2.05. The standard InChI is InChI=1S/C9H7ClO4/c1-14-7-4-5(10)2-3-6(7)8(11)9(12)13/h2-4H,1H3,(H,12,13). The molecule has 0 fully saturated rings. The maximum atomic E-state index is 11.1. The van der Waals surface area contributed by atoms with Crippen molar-refractivity contribution in [3.63, 3.8) is 0 Å². The summed E-state index contributed by atoms with van der Waals surface area (Å²) in [5.74, 6) is -2.38. The van der Waals surface area contributed by atoms with Crippen LogP contribution in [0.5, 0.6) is 5.75 Å². The van der Waals surface area contributed by atoms with Gasteiger partial charge < -0.3 is 9.84 Å². The minimum atomic E-state index is -1.52. The van der Waals surface area contributed by atoms with Crippen molar-refractivity contribution in [2.75, 3.05) is 7.11 Å². The summed E-state index contributed by atoms with van der Waals surface area (Å²) in [6.07, 6.45) is 0. The first kappa shape index (κ1) is 10.5.